The average molecular weight is 363 g/mol. The highest BCUT2D eigenvalue weighted by molar-refractivity contribution is 5.99. The van der Waals surface area contributed by atoms with E-state index in [1.165, 1.54) is 6.42 Å². The van der Waals surface area contributed by atoms with E-state index in [-0.39, 0.29) is 11.9 Å². The Kier molecular flexibility index (Phi) is 4.84. The molecule has 140 valence electrons. The molecule has 27 heavy (non-hydrogen) atoms. The number of carbonyl (C=O) groups is 1. The number of hydrogen-bond donors (Lipinski definition) is 1. The standard InChI is InChI=1S/C22H25N3O2/c1-15-17-9-4-5-11-19(17)27-20(15)16(2)24-22(26)18-10-8-12-23-21(18)25-13-6-3-7-14-25/h4-5,8-12,16H,3,6-7,13-14H2,1-2H3,(H,24,26). The first-order chi connectivity index (χ1) is 13.1. The molecule has 1 saturated heterocycles. The van der Waals surface area contributed by atoms with Crippen molar-refractivity contribution in [2.75, 3.05) is 18.0 Å². The van der Waals surface area contributed by atoms with Crippen LogP contribution >= 0.6 is 0 Å². The molecule has 3 heterocycles. The summed E-state index contributed by atoms with van der Waals surface area (Å²) < 4.78 is 6.00. The van der Waals surface area contributed by atoms with E-state index in [9.17, 15) is 4.79 Å². The lowest BCUT2D eigenvalue weighted by molar-refractivity contribution is 0.0935. The molecule has 1 atom stereocenters. The number of aromatic nitrogens is 1. The summed E-state index contributed by atoms with van der Waals surface area (Å²) in [5.41, 5.74) is 2.54. The molecular weight excluding hydrogens is 338 g/mol. The van der Waals surface area contributed by atoms with Gasteiger partial charge in [-0.05, 0) is 51.3 Å². The number of fused-ring (bicyclic) bond motifs is 1. The average Bonchev–Trinajstić information content (AvgIpc) is 3.06. The van der Waals surface area contributed by atoms with Gasteiger partial charge in [0.2, 0.25) is 0 Å². The number of nitrogens with zero attached hydrogens (tertiary/aromatic N) is 2. The van der Waals surface area contributed by atoms with Gasteiger partial charge >= 0.3 is 0 Å². The zero-order chi connectivity index (χ0) is 18.8. The zero-order valence-corrected chi connectivity index (χ0v) is 15.9. The minimum Gasteiger partial charge on any atom is -0.459 e. The molecule has 1 aromatic carbocycles. The van der Waals surface area contributed by atoms with Gasteiger partial charge in [0.25, 0.3) is 5.91 Å². The summed E-state index contributed by atoms with van der Waals surface area (Å²) >= 11 is 0. The molecule has 2 aromatic heterocycles. The van der Waals surface area contributed by atoms with Crippen molar-refractivity contribution in [1.29, 1.82) is 0 Å². The van der Waals surface area contributed by atoms with Crippen LogP contribution in [-0.2, 0) is 0 Å². The lowest BCUT2D eigenvalue weighted by Crippen LogP contribution is -2.34. The number of pyridine rings is 1. The maximum atomic E-state index is 13.0. The molecule has 1 aliphatic rings. The normalized spacial score (nSPS) is 15.7. The third-order valence-electron chi connectivity index (χ3n) is 5.31. The smallest absolute Gasteiger partial charge is 0.255 e. The first-order valence-corrected chi connectivity index (χ1v) is 9.64. The highest BCUT2D eigenvalue weighted by Gasteiger charge is 2.23. The number of aryl methyl sites for hydroxylation is 1. The molecule has 1 aliphatic heterocycles. The zero-order valence-electron chi connectivity index (χ0n) is 15.9. The van der Waals surface area contributed by atoms with Gasteiger partial charge in [-0.3, -0.25) is 4.79 Å². The number of anilines is 1. The molecule has 0 bridgehead atoms. The fourth-order valence-corrected chi connectivity index (χ4v) is 3.88. The highest BCUT2D eigenvalue weighted by atomic mass is 16.3. The summed E-state index contributed by atoms with van der Waals surface area (Å²) in [6, 6.07) is 11.4. The molecule has 1 amide bonds. The fraction of sp³-hybridized carbons (Fsp3) is 0.364. The van der Waals surface area contributed by atoms with Gasteiger partial charge in [-0.1, -0.05) is 18.2 Å². The minimum absolute atomic E-state index is 0.115. The van der Waals surface area contributed by atoms with Gasteiger partial charge in [0.15, 0.2) is 0 Å². The number of para-hydroxylation sites is 1. The molecule has 1 unspecified atom stereocenters. The van der Waals surface area contributed by atoms with E-state index in [4.69, 9.17) is 4.42 Å². The van der Waals surface area contributed by atoms with Gasteiger partial charge in [0, 0.05) is 30.2 Å². The number of piperidine rings is 1. The number of carbonyl (C=O) groups excluding carboxylic acids is 1. The molecule has 4 rings (SSSR count). The highest BCUT2D eigenvalue weighted by Crippen LogP contribution is 2.30. The Hall–Kier alpha value is -2.82. The van der Waals surface area contributed by atoms with Crippen LogP contribution in [0.5, 0.6) is 0 Å². The molecule has 3 aromatic rings. The molecule has 0 radical (unpaired) electrons. The monoisotopic (exact) mass is 363 g/mol. The maximum Gasteiger partial charge on any atom is 0.255 e. The van der Waals surface area contributed by atoms with Crippen LogP contribution in [0.1, 0.15) is 53.9 Å². The van der Waals surface area contributed by atoms with E-state index in [2.05, 4.69) is 15.2 Å². The number of furan rings is 1. The molecule has 0 aliphatic carbocycles. The van der Waals surface area contributed by atoms with Crippen molar-refractivity contribution in [2.24, 2.45) is 0 Å². The molecule has 5 nitrogen and oxygen atoms in total. The van der Waals surface area contributed by atoms with Crippen molar-refractivity contribution in [3.05, 3.63) is 59.5 Å². The number of nitrogens with one attached hydrogen (secondary N) is 1. The van der Waals surface area contributed by atoms with Crippen molar-refractivity contribution in [2.45, 2.75) is 39.2 Å². The second-order valence-corrected chi connectivity index (χ2v) is 7.20. The Morgan fingerprint density at radius 3 is 2.70 bits per heavy atom. The van der Waals surface area contributed by atoms with E-state index in [1.54, 1.807) is 6.20 Å². The molecular formula is C22H25N3O2. The Morgan fingerprint density at radius 2 is 1.93 bits per heavy atom. The lowest BCUT2D eigenvalue weighted by atomic mass is 10.1. The summed E-state index contributed by atoms with van der Waals surface area (Å²) in [6.07, 6.45) is 5.29. The molecule has 0 spiro atoms. The fourth-order valence-electron chi connectivity index (χ4n) is 3.88. The van der Waals surface area contributed by atoms with Crippen molar-refractivity contribution in [3.63, 3.8) is 0 Å². The molecule has 0 saturated carbocycles. The third kappa shape index (κ3) is 3.42. The van der Waals surface area contributed by atoms with Crippen LogP contribution in [-0.4, -0.2) is 24.0 Å². The van der Waals surface area contributed by atoms with Gasteiger partial charge in [-0.15, -0.1) is 0 Å². The van der Waals surface area contributed by atoms with E-state index in [0.29, 0.717) is 5.56 Å². The van der Waals surface area contributed by atoms with Crippen LogP contribution < -0.4 is 10.2 Å². The second kappa shape index (κ2) is 7.43. The summed E-state index contributed by atoms with van der Waals surface area (Å²) in [7, 11) is 0. The minimum atomic E-state index is -0.223. The first kappa shape index (κ1) is 17.6. The van der Waals surface area contributed by atoms with Gasteiger partial charge in [0.05, 0.1) is 11.6 Å². The van der Waals surface area contributed by atoms with Crippen LogP contribution in [0, 0.1) is 6.92 Å². The van der Waals surface area contributed by atoms with Crippen LogP contribution in [0.25, 0.3) is 11.0 Å². The quantitative estimate of drug-likeness (QED) is 0.735. The Labute approximate surface area is 159 Å². The van der Waals surface area contributed by atoms with E-state index in [1.807, 2.05) is 50.2 Å². The van der Waals surface area contributed by atoms with Crippen molar-refractivity contribution >= 4 is 22.7 Å². The number of hydrogen-bond acceptors (Lipinski definition) is 4. The number of amides is 1. The largest absolute Gasteiger partial charge is 0.459 e. The SMILES string of the molecule is Cc1c(C(C)NC(=O)c2cccnc2N2CCCCC2)oc2ccccc12. The van der Waals surface area contributed by atoms with Crippen LogP contribution in [0.15, 0.2) is 47.0 Å². The van der Waals surface area contributed by atoms with E-state index >= 15 is 0 Å². The van der Waals surface area contributed by atoms with Crippen molar-refractivity contribution in [3.8, 4) is 0 Å². The lowest BCUT2D eigenvalue weighted by Gasteiger charge is -2.29. The third-order valence-corrected chi connectivity index (χ3v) is 5.31. The first-order valence-electron chi connectivity index (χ1n) is 9.64. The summed E-state index contributed by atoms with van der Waals surface area (Å²) in [5.74, 6) is 1.47. The van der Waals surface area contributed by atoms with Gasteiger partial charge in [0.1, 0.15) is 17.2 Å². The molecule has 1 fully saturated rings. The van der Waals surface area contributed by atoms with E-state index < -0.39 is 0 Å². The Morgan fingerprint density at radius 1 is 1.15 bits per heavy atom. The van der Waals surface area contributed by atoms with E-state index in [0.717, 1.165) is 54.0 Å². The predicted molar refractivity (Wildman–Crippen MR) is 107 cm³/mol. The maximum absolute atomic E-state index is 13.0. The Bertz CT molecular complexity index is 957. The van der Waals surface area contributed by atoms with Gasteiger partial charge < -0.3 is 14.6 Å². The van der Waals surface area contributed by atoms with Crippen molar-refractivity contribution in [1.82, 2.24) is 10.3 Å². The van der Waals surface area contributed by atoms with Gasteiger partial charge in [-0.2, -0.15) is 0 Å². The van der Waals surface area contributed by atoms with Crippen LogP contribution in [0.3, 0.4) is 0 Å². The van der Waals surface area contributed by atoms with Crippen LogP contribution in [0.4, 0.5) is 5.82 Å². The van der Waals surface area contributed by atoms with Crippen LogP contribution in [0.2, 0.25) is 0 Å². The van der Waals surface area contributed by atoms with Crippen molar-refractivity contribution < 1.29 is 9.21 Å². The summed E-state index contributed by atoms with van der Waals surface area (Å²) in [6.45, 7) is 5.90. The topological polar surface area (TPSA) is 58.4 Å². The second-order valence-electron chi connectivity index (χ2n) is 7.20. The predicted octanol–water partition coefficient (Wildman–Crippen LogP) is 4.62. The number of rotatable bonds is 4. The molecule has 1 N–H and O–H groups in total. The molecule has 5 heteroatoms. The summed E-state index contributed by atoms with van der Waals surface area (Å²) in [5, 5.41) is 4.18. The Balaban J connectivity index is 1.57. The summed E-state index contributed by atoms with van der Waals surface area (Å²) in [4.78, 5) is 19.7. The van der Waals surface area contributed by atoms with Gasteiger partial charge in [-0.25, -0.2) is 4.98 Å². The number of benzene rings is 1.